The molecule has 1 N–H and O–H groups in total. The van der Waals surface area contributed by atoms with Gasteiger partial charge in [-0.15, -0.1) is 0 Å². The molecule has 0 aliphatic carbocycles. The summed E-state index contributed by atoms with van der Waals surface area (Å²) in [5, 5.41) is 0. The monoisotopic (exact) mass is 248 g/mol. The maximum absolute atomic E-state index is 11.2. The van der Waals surface area contributed by atoms with Crippen LogP contribution in [0.2, 0.25) is 0 Å². The van der Waals surface area contributed by atoms with E-state index in [0.717, 1.165) is 14.2 Å². The van der Waals surface area contributed by atoms with Crippen molar-refractivity contribution in [1.82, 2.24) is 0 Å². The third-order valence-corrected chi connectivity index (χ3v) is 5.66. The predicted octanol–water partition coefficient (Wildman–Crippen LogP) is -1.52. The third-order valence-electron chi connectivity index (χ3n) is 1.90. The molecule has 0 aromatic rings. The average Bonchev–Trinajstić information content (AvgIpc) is 2.14. The molecule has 0 aromatic heterocycles. The Labute approximate surface area is 104 Å². The first kappa shape index (κ1) is 14.8. The van der Waals surface area contributed by atoms with Crippen LogP contribution in [0.15, 0.2) is 0 Å². The Morgan fingerprint density at radius 2 is 1.80 bits per heavy atom. The van der Waals surface area contributed by atoms with E-state index in [2.05, 4.69) is 9.47 Å². The SMILES string of the molecule is COC(=O)C[C]([Na])(C(=O)OC)S(=O)(=O)O. The topological polar surface area (TPSA) is 107 Å². The van der Waals surface area contributed by atoms with Crippen molar-refractivity contribution in [3.05, 3.63) is 0 Å². The predicted molar refractivity (Wildman–Crippen MR) is 48.7 cm³/mol. The second-order valence-corrected chi connectivity index (χ2v) is 7.23. The van der Waals surface area contributed by atoms with Crippen LogP contribution in [-0.4, -0.2) is 69.1 Å². The van der Waals surface area contributed by atoms with Gasteiger partial charge in [0.1, 0.15) is 0 Å². The van der Waals surface area contributed by atoms with Crippen LogP contribution in [-0.2, 0) is 29.2 Å². The summed E-state index contributed by atoms with van der Waals surface area (Å²) in [6.07, 6.45) is -0.749. The fraction of sp³-hybridized carbons (Fsp3) is 0.667. The van der Waals surface area contributed by atoms with Gasteiger partial charge in [-0.25, -0.2) is 0 Å². The van der Waals surface area contributed by atoms with Gasteiger partial charge < -0.3 is 0 Å². The number of carbonyl (C=O) groups excluding carboxylic acids is 2. The van der Waals surface area contributed by atoms with Crippen LogP contribution in [0.25, 0.3) is 0 Å². The van der Waals surface area contributed by atoms with Gasteiger partial charge in [0.05, 0.1) is 0 Å². The van der Waals surface area contributed by atoms with Crippen molar-refractivity contribution >= 4 is 50.0 Å². The molecule has 0 bridgehead atoms. The van der Waals surface area contributed by atoms with Gasteiger partial charge in [-0.2, -0.15) is 0 Å². The Morgan fingerprint density at radius 1 is 1.33 bits per heavy atom. The van der Waals surface area contributed by atoms with Crippen molar-refractivity contribution in [3.63, 3.8) is 0 Å². The van der Waals surface area contributed by atoms with Crippen molar-refractivity contribution in [3.8, 4) is 0 Å². The van der Waals surface area contributed by atoms with E-state index >= 15 is 0 Å². The first-order valence-electron chi connectivity index (χ1n) is 3.81. The zero-order chi connectivity index (χ0) is 12.3. The molecule has 0 rings (SSSR count). The fourth-order valence-electron chi connectivity index (χ4n) is 0.832. The van der Waals surface area contributed by atoms with E-state index in [9.17, 15) is 18.0 Å². The molecule has 82 valence electrons. The van der Waals surface area contributed by atoms with E-state index in [1.807, 2.05) is 0 Å². The van der Waals surface area contributed by atoms with Gasteiger partial charge >= 0.3 is 105 Å². The second kappa shape index (κ2) is 5.26. The van der Waals surface area contributed by atoms with Crippen molar-refractivity contribution in [2.24, 2.45) is 0 Å². The molecule has 1 unspecified atom stereocenters. The minimum absolute atomic E-state index is 0.290. The van der Waals surface area contributed by atoms with Gasteiger partial charge in [0, 0.05) is 0 Å². The normalized spacial score (nSPS) is 15.3. The Bertz CT molecular complexity index is 362. The molecule has 0 saturated heterocycles. The van der Waals surface area contributed by atoms with E-state index in [-0.39, 0.29) is 27.9 Å². The van der Waals surface area contributed by atoms with Crippen molar-refractivity contribution in [1.29, 1.82) is 0 Å². The Balaban J connectivity index is 5.24. The summed E-state index contributed by atoms with van der Waals surface area (Å²) < 4.78 is 37.1. The molecule has 0 aromatic carbocycles. The molecule has 0 amide bonds. The molecule has 0 saturated carbocycles. The first-order valence-corrected chi connectivity index (χ1v) is 6.25. The van der Waals surface area contributed by atoms with Gasteiger partial charge in [0.15, 0.2) is 0 Å². The van der Waals surface area contributed by atoms with Crippen LogP contribution in [0.1, 0.15) is 6.42 Å². The van der Waals surface area contributed by atoms with E-state index in [0.29, 0.717) is 0 Å². The van der Waals surface area contributed by atoms with Crippen LogP contribution in [0.4, 0.5) is 0 Å². The summed E-state index contributed by atoms with van der Waals surface area (Å²) in [6.45, 7) is 0. The van der Waals surface area contributed by atoms with Crippen LogP contribution in [0.3, 0.4) is 0 Å². The zero-order valence-corrected chi connectivity index (χ0v) is 11.3. The summed E-state index contributed by atoms with van der Waals surface area (Å²) in [4.78, 5) is 22.1. The van der Waals surface area contributed by atoms with Crippen molar-refractivity contribution in [2.45, 2.75) is 8.42 Å². The summed E-state index contributed by atoms with van der Waals surface area (Å²) in [6, 6.07) is 0. The molecule has 0 aliphatic rings. The summed E-state index contributed by atoms with van der Waals surface area (Å²) >= 11 is -0.290. The third kappa shape index (κ3) is 3.42. The average molecular weight is 248 g/mol. The Morgan fingerprint density at radius 3 is 2.07 bits per heavy atom. The second-order valence-electron chi connectivity index (χ2n) is 2.95. The number of methoxy groups -OCH3 is 2. The van der Waals surface area contributed by atoms with E-state index in [1.165, 1.54) is 0 Å². The number of esters is 2. The van der Waals surface area contributed by atoms with Gasteiger partial charge in [-0.3, -0.25) is 0 Å². The molecule has 0 fully saturated rings. The number of carbonyl (C=O) groups is 2. The van der Waals surface area contributed by atoms with Gasteiger partial charge in [-0.05, 0) is 0 Å². The molecule has 0 radical (unpaired) electrons. The van der Waals surface area contributed by atoms with Crippen LogP contribution >= 0.6 is 0 Å². The number of ether oxygens (including phenoxy) is 2. The first-order chi connectivity index (χ1) is 6.69. The summed E-state index contributed by atoms with van der Waals surface area (Å²) in [5.74, 6) is -2.07. The van der Waals surface area contributed by atoms with Crippen LogP contribution in [0.5, 0.6) is 0 Å². The van der Waals surface area contributed by atoms with Gasteiger partial charge in [-0.1, -0.05) is 0 Å². The van der Waals surface area contributed by atoms with Crippen LogP contribution in [0, 0.1) is 0 Å². The molecule has 7 nitrogen and oxygen atoms in total. The molecular weight excluding hydrogens is 239 g/mol. The number of hydrogen-bond acceptors (Lipinski definition) is 6. The van der Waals surface area contributed by atoms with Gasteiger partial charge in [0.25, 0.3) is 0 Å². The van der Waals surface area contributed by atoms with E-state index in [1.54, 1.807) is 0 Å². The molecule has 9 heteroatoms. The standard InChI is InChI=1S/C6H9O7S.Na/c1-12-5(7)3-4(6(8)13-2)14(9,10)11;/h3H2,1-2H3,(H,9,10,11);. The zero-order valence-electron chi connectivity index (χ0n) is 8.51. The molecular formula is C6H9NaO7S. The molecule has 0 spiro atoms. The minimum atomic E-state index is -4.69. The molecule has 0 aliphatic heterocycles. The molecule has 1 atom stereocenters. The fourth-order valence-corrected chi connectivity index (χ4v) is 1.92. The summed E-state index contributed by atoms with van der Waals surface area (Å²) in [5.41, 5.74) is 0. The summed E-state index contributed by atoms with van der Waals surface area (Å²) in [7, 11) is -2.68. The van der Waals surface area contributed by atoms with Gasteiger partial charge in [0.2, 0.25) is 0 Å². The Kier molecular flexibility index (Phi) is 5.21. The van der Waals surface area contributed by atoms with E-state index < -0.39 is 30.5 Å². The molecule has 0 heterocycles. The van der Waals surface area contributed by atoms with Crippen LogP contribution < -0.4 is 0 Å². The number of hydrogen-bond donors (Lipinski definition) is 1. The Hall–Kier alpha value is -0.150. The molecule has 15 heavy (non-hydrogen) atoms. The number of rotatable bonds is 4. The van der Waals surface area contributed by atoms with Crippen molar-refractivity contribution < 1.29 is 32.0 Å². The quantitative estimate of drug-likeness (QED) is 0.365. The van der Waals surface area contributed by atoms with Crippen molar-refractivity contribution in [2.75, 3.05) is 14.2 Å². The van der Waals surface area contributed by atoms with E-state index in [4.69, 9.17) is 4.55 Å². The maximum atomic E-state index is 11.2.